The molecule has 0 spiro atoms. The smallest absolute Gasteiger partial charge is 0.384 e. The van der Waals surface area contributed by atoms with E-state index in [2.05, 4.69) is 10.1 Å². The monoisotopic (exact) mass is 322 g/mol. The maximum atomic E-state index is 12.7. The standard InChI is InChI=1S/C16H17F3N4/c1-23-9-8-15(20)21-10-13(11-22-23)12-4-2-6-14(7-3-5-12)16(17,18)19/h2,4,6-11H,3,5H2,1H3,(H2,20,21)/b6-2-,9-8?,12-4+,13-10?,14-7+,22-11?. The maximum Gasteiger partial charge on any atom is 0.416 e. The van der Waals surface area contributed by atoms with Crippen LogP contribution in [0.3, 0.4) is 0 Å². The fourth-order valence-corrected chi connectivity index (χ4v) is 2.02. The molecule has 0 aliphatic heterocycles. The SMILES string of the molecule is Cn1ccc(N)ncc(/C2=C/C=C\C(C(F)(F)F)=C/CC2)cn1. The van der Waals surface area contributed by atoms with Crippen molar-refractivity contribution in [2.45, 2.75) is 19.0 Å². The molecule has 4 nitrogen and oxygen atoms in total. The number of rotatable bonds is 1. The Hall–Kier alpha value is -2.57. The molecule has 1 aliphatic carbocycles. The average Bonchev–Trinajstić information content (AvgIpc) is 2.51. The van der Waals surface area contributed by atoms with Gasteiger partial charge in [0.2, 0.25) is 0 Å². The molecular weight excluding hydrogens is 305 g/mol. The number of hydrogen-bond donors (Lipinski definition) is 1. The van der Waals surface area contributed by atoms with Crippen molar-refractivity contribution in [1.82, 2.24) is 14.8 Å². The number of alkyl halides is 3. The Labute approximate surface area is 132 Å². The minimum absolute atomic E-state index is 0.281. The van der Waals surface area contributed by atoms with E-state index in [1.807, 2.05) is 0 Å². The first-order valence-electron chi connectivity index (χ1n) is 6.99. The summed E-state index contributed by atoms with van der Waals surface area (Å²) < 4.78 is 39.7. The Bertz CT molecular complexity index is 680. The number of nitrogens with zero attached hydrogens (tertiary/aromatic N) is 3. The molecule has 0 unspecified atom stereocenters. The van der Waals surface area contributed by atoms with Crippen molar-refractivity contribution in [3.63, 3.8) is 0 Å². The molecule has 0 fully saturated rings. The van der Waals surface area contributed by atoms with Gasteiger partial charge in [-0.1, -0.05) is 24.3 Å². The largest absolute Gasteiger partial charge is 0.416 e. The van der Waals surface area contributed by atoms with Crippen molar-refractivity contribution in [3.05, 3.63) is 60.1 Å². The summed E-state index contributed by atoms with van der Waals surface area (Å²) in [6.07, 6.45) is 6.55. The van der Waals surface area contributed by atoms with Crippen LogP contribution in [0.25, 0.3) is 5.57 Å². The van der Waals surface area contributed by atoms with Gasteiger partial charge < -0.3 is 5.73 Å². The van der Waals surface area contributed by atoms with E-state index >= 15 is 0 Å². The lowest BCUT2D eigenvalue weighted by atomic mass is 10.00. The predicted molar refractivity (Wildman–Crippen MR) is 83.5 cm³/mol. The molecule has 2 rings (SSSR count). The van der Waals surface area contributed by atoms with Crippen LogP contribution in [0, 0.1) is 0 Å². The lowest BCUT2D eigenvalue weighted by molar-refractivity contribution is -0.0884. The van der Waals surface area contributed by atoms with Crippen molar-refractivity contribution in [2.75, 3.05) is 5.73 Å². The quantitative estimate of drug-likeness (QED) is 0.857. The summed E-state index contributed by atoms with van der Waals surface area (Å²) in [7, 11) is 1.74. The molecule has 1 aromatic rings. The zero-order valence-corrected chi connectivity index (χ0v) is 12.6. The average molecular weight is 322 g/mol. The molecule has 0 bridgehead atoms. The molecule has 0 aromatic carbocycles. The molecule has 1 heterocycles. The molecule has 1 aromatic heterocycles. The van der Waals surface area contributed by atoms with Crippen LogP contribution in [0.4, 0.5) is 19.0 Å². The molecule has 7 heteroatoms. The van der Waals surface area contributed by atoms with Gasteiger partial charge in [-0.05, 0) is 24.5 Å². The summed E-state index contributed by atoms with van der Waals surface area (Å²) in [4.78, 5) is 4.11. The summed E-state index contributed by atoms with van der Waals surface area (Å²) in [6, 6.07) is 1.61. The van der Waals surface area contributed by atoms with Crippen LogP contribution >= 0.6 is 0 Å². The van der Waals surface area contributed by atoms with Crippen LogP contribution in [0.15, 0.2) is 54.5 Å². The molecule has 0 atom stereocenters. The highest BCUT2D eigenvalue weighted by molar-refractivity contribution is 5.66. The van der Waals surface area contributed by atoms with Crippen molar-refractivity contribution in [2.24, 2.45) is 7.05 Å². The Morgan fingerprint density at radius 1 is 1.26 bits per heavy atom. The van der Waals surface area contributed by atoms with Gasteiger partial charge >= 0.3 is 6.18 Å². The zero-order valence-electron chi connectivity index (χ0n) is 12.6. The lowest BCUT2D eigenvalue weighted by Gasteiger charge is -2.11. The first-order valence-corrected chi connectivity index (χ1v) is 6.99. The summed E-state index contributed by atoms with van der Waals surface area (Å²) in [5.41, 5.74) is 6.64. The fraction of sp³-hybridized carbons (Fsp3) is 0.250. The minimum Gasteiger partial charge on any atom is -0.384 e. The van der Waals surface area contributed by atoms with Gasteiger partial charge in [0.1, 0.15) is 5.82 Å². The van der Waals surface area contributed by atoms with Crippen LogP contribution in [0.5, 0.6) is 0 Å². The molecule has 23 heavy (non-hydrogen) atoms. The minimum atomic E-state index is -4.33. The molecule has 0 amide bonds. The van der Waals surface area contributed by atoms with E-state index in [0.717, 1.165) is 11.6 Å². The van der Waals surface area contributed by atoms with Gasteiger partial charge in [0.15, 0.2) is 0 Å². The molecule has 1 aliphatic rings. The highest BCUT2D eigenvalue weighted by Gasteiger charge is 2.31. The van der Waals surface area contributed by atoms with E-state index < -0.39 is 11.7 Å². The van der Waals surface area contributed by atoms with Gasteiger partial charge in [-0.2, -0.15) is 18.3 Å². The second-order valence-corrected chi connectivity index (χ2v) is 5.02. The van der Waals surface area contributed by atoms with Crippen LogP contribution < -0.4 is 5.73 Å². The van der Waals surface area contributed by atoms with E-state index in [0.29, 0.717) is 17.8 Å². The normalized spacial score (nSPS) is 21.0. The molecule has 122 valence electrons. The third-order valence-electron chi connectivity index (χ3n) is 3.24. The first-order chi connectivity index (χ1) is 10.9. The van der Waals surface area contributed by atoms with Crippen molar-refractivity contribution in [1.29, 1.82) is 0 Å². The van der Waals surface area contributed by atoms with Gasteiger partial charge in [0.25, 0.3) is 0 Å². The van der Waals surface area contributed by atoms with Crippen LogP contribution in [0.1, 0.15) is 18.4 Å². The maximum absolute atomic E-state index is 12.7. The Kier molecular flexibility index (Phi) is 5.20. The number of hydrogen-bond acceptors (Lipinski definition) is 3. The number of halogens is 3. The van der Waals surface area contributed by atoms with E-state index in [1.165, 1.54) is 12.2 Å². The molecule has 2 N–H and O–H groups in total. The fourth-order valence-electron chi connectivity index (χ4n) is 2.02. The Morgan fingerprint density at radius 2 is 2.04 bits per heavy atom. The Morgan fingerprint density at radius 3 is 2.78 bits per heavy atom. The van der Waals surface area contributed by atoms with Crippen molar-refractivity contribution < 1.29 is 13.2 Å². The van der Waals surface area contributed by atoms with Crippen LogP contribution in [-0.2, 0) is 7.05 Å². The van der Waals surface area contributed by atoms with Crippen LogP contribution in [-0.4, -0.2) is 20.9 Å². The van der Waals surface area contributed by atoms with E-state index in [4.69, 9.17) is 5.73 Å². The molecule has 0 radical (unpaired) electrons. The molecule has 0 saturated heterocycles. The van der Waals surface area contributed by atoms with Gasteiger partial charge in [0.05, 0.1) is 11.8 Å². The van der Waals surface area contributed by atoms with Crippen molar-refractivity contribution in [3.8, 4) is 0 Å². The van der Waals surface area contributed by atoms with Gasteiger partial charge in [-0.25, -0.2) is 4.98 Å². The number of aryl methyl sites for hydroxylation is 1. The summed E-state index contributed by atoms with van der Waals surface area (Å²) >= 11 is 0. The summed E-state index contributed by atoms with van der Waals surface area (Å²) in [5.74, 6) is 0.320. The molecular formula is C16H17F3N4. The van der Waals surface area contributed by atoms with Gasteiger partial charge in [-0.15, -0.1) is 0 Å². The predicted octanol–water partition coefficient (Wildman–Crippen LogP) is 3.74. The van der Waals surface area contributed by atoms with E-state index in [9.17, 15) is 13.2 Å². The molecule has 0 saturated carbocycles. The summed E-state index contributed by atoms with van der Waals surface area (Å²) in [5, 5.41) is 4.21. The number of aromatic nitrogens is 3. The highest BCUT2D eigenvalue weighted by atomic mass is 19.4. The number of anilines is 1. The second-order valence-electron chi connectivity index (χ2n) is 5.02. The second kappa shape index (κ2) is 7.13. The number of allylic oxidation sites excluding steroid dienone is 6. The topological polar surface area (TPSA) is 56.7 Å². The third kappa shape index (κ3) is 4.98. The zero-order chi connectivity index (χ0) is 16.9. The third-order valence-corrected chi connectivity index (χ3v) is 3.24. The first kappa shape index (κ1) is 16.8. The van der Waals surface area contributed by atoms with Crippen LogP contribution in [0.2, 0.25) is 0 Å². The number of nitrogens with two attached hydrogens (primary N) is 1. The number of nitrogen functional groups attached to an aromatic ring is 1. The van der Waals surface area contributed by atoms with Gasteiger partial charge in [-0.3, -0.25) is 4.68 Å². The lowest BCUT2D eigenvalue weighted by Crippen LogP contribution is -2.10. The Balaban J connectivity index is 2.39. The van der Waals surface area contributed by atoms with Gasteiger partial charge in [0, 0.05) is 25.0 Å². The summed E-state index contributed by atoms with van der Waals surface area (Å²) in [6.45, 7) is 0. The van der Waals surface area contributed by atoms with E-state index in [1.54, 1.807) is 42.5 Å². The van der Waals surface area contributed by atoms with Crippen molar-refractivity contribution >= 4 is 11.4 Å². The van der Waals surface area contributed by atoms with E-state index in [-0.39, 0.29) is 6.42 Å². The highest BCUT2D eigenvalue weighted by Crippen LogP contribution is 2.30.